The number of carbonyl (C=O) groups excluding carboxylic acids is 3. The number of nitrogens with one attached hydrogen (secondary N) is 1. The minimum absolute atomic E-state index is 0.322. The van der Waals surface area contributed by atoms with Crippen LogP contribution in [-0.2, 0) is 9.53 Å². The highest BCUT2D eigenvalue weighted by atomic mass is 35.5. The smallest absolute Gasteiger partial charge is 0.325 e. The largest absolute Gasteiger partial charge is 0.456 e. The zero-order valence-corrected chi connectivity index (χ0v) is 16.3. The van der Waals surface area contributed by atoms with E-state index in [1.165, 1.54) is 0 Å². The molecule has 5 nitrogen and oxygen atoms in total. The van der Waals surface area contributed by atoms with Gasteiger partial charge in [-0.1, -0.05) is 54.1 Å². The van der Waals surface area contributed by atoms with Crippen LogP contribution in [0.3, 0.4) is 0 Å². The van der Waals surface area contributed by atoms with E-state index in [4.69, 9.17) is 16.3 Å². The number of ketones is 1. The van der Waals surface area contributed by atoms with Gasteiger partial charge in [0.1, 0.15) is 6.54 Å². The maximum Gasteiger partial charge on any atom is 0.325 e. The molecule has 0 atom stereocenters. The summed E-state index contributed by atoms with van der Waals surface area (Å²) in [6.07, 6.45) is 0. The average Bonchev–Trinajstić information content (AvgIpc) is 3.17. The first-order chi connectivity index (χ1) is 13.5. The van der Waals surface area contributed by atoms with Gasteiger partial charge in [0.15, 0.2) is 6.61 Å². The second-order valence-corrected chi connectivity index (χ2v) is 7.53. The van der Waals surface area contributed by atoms with Gasteiger partial charge in [0.2, 0.25) is 5.78 Å². The Hall–Kier alpha value is -2.96. The van der Waals surface area contributed by atoms with Crippen molar-refractivity contribution in [2.24, 2.45) is 0 Å². The first-order valence-corrected chi connectivity index (χ1v) is 9.60. The molecular weight excluding hydrogens is 398 g/mol. The molecule has 1 aromatic heterocycles. The number of Topliss-reactive ketones (excluding diaryl/α,β-unsaturated/α-hetero) is 1. The van der Waals surface area contributed by atoms with Gasteiger partial charge in [0.25, 0.3) is 5.91 Å². The number of thiophene rings is 1. The van der Waals surface area contributed by atoms with Crippen LogP contribution in [0.25, 0.3) is 11.1 Å². The molecule has 7 heteroatoms. The second-order valence-electron chi connectivity index (χ2n) is 5.81. The van der Waals surface area contributed by atoms with Gasteiger partial charge in [-0.15, -0.1) is 11.3 Å². The SMILES string of the molecule is O=C(CNC(=O)c1ccc(-c2ccccc2)cc1)OCC(=O)c1ccc(Cl)s1. The van der Waals surface area contributed by atoms with Crippen molar-refractivity contribution in [2.75, 3.05) is 13.2 Å². The summed E-state index contributed by atoms with van der Waals surface area (Å²) < 4.78 is 5.38. The summed E-state index contributed by atoms with van der Waals surface area (Å²) in [5.74, 6) is -1.42. The molecule has 0 unspecified atom stereocenters. The van der Waals surface area contributed by atoms with Gasteiger partial charge in [0.05, 0.1) is 9.21 Å². The molecule has 0 spiro atoms. The van der Waals surface area contributed by atoms with Crippen molar-refractivity contribution < 1.29 is 19.1 Å². The molecule has 0 aliphatic heterocycles. The van der Waals surface area contributed by atoms with E-state index in [-0.39, 0.29) is 12.3 Å². The lowest BCUT2D eigenvalue weighted by atomic mass is 10.0. The standard InChI is InChI=1S/C21H16ClNO4S/c22-19-11-10-18(28-19)17(24)13-27-20(25)12-23-21(26)16-8-6-15(7-9-16)14-4-2-1-3-5-14/h1-11H,12-13H2,(H,23,26). The monoisotopic (exact) mass is 413 g/mol. The fourth-order valence-corrected chi connectivity index (χ4v) is 3.40. The molecule has 2 aromatic carbocycles. The summed E-state index contributed by atoms with van der Waals surface area (Å²) >= 11 is 6.88. The van der Waals surface area contributed by atoms with Crippen molar-refractivity contribution in [2.45, 2.75) is 0 Å². The molecule has 0 aliphatic rings. The molecule has 1 N–H and O–H groups in total. The Labute approximate surface area is 170 Å². The Balaban J connectivity index is 1.47. The van der Waals surface area contributed by atoms with E-state index in [9.17, 15) is 14.4 Å². The molecule has 142 valence electrons. The summed E-state index contributed by atoms with van der Waals surface area (Å²) in [5, 5.41) is 2.48. The van der Waals surface area contributed by atoms with E-state index in [0.717, 1.165) is 22.5 Å². The van der Waals surface area contributed by atoms with Crippen LogP contribution in [0.4, 0.5) is 0 Å². The van der Waals surface area contributed by atoms with Crippen LogP contribution in [-0.4, -0.2) is 30.8 Å². The number of ether oxygens (including phenoxy) is 1. The van der Waals surface area contributed by atoms with Crippen LogP contribution >= 0.6 is 22.9 Å². The third-order valence-electron chi connectivity index (χ3n) is 3.86. The van der Waals surface area contributed by atoms with Crippen LogP contribution in [0, 0.1) is 0 Å². The molecule has 0 saturated carbocycles. The Kier molecular flexibility index (Phi) is 6.57. The van der Waals surface area contributed by atoms with E-state index in [1.54, 1.807) is 24.3 Å². The van der Waals surface area contributed by atoms with E-state index in [2.05, 4.69) is 5.32 Å². The summed E-state index contributed by atoms with van der Waals surface area (Å²) in [4.78, 5) is 36.2. The lowest BCUT2D eigenvalue weighted by molar-refractivity contribution is -0.141. The molecule has 3 aromatic rings. The highest BCUT2D eigenvalue weighted by molar-refractivity contribution is 7.18. The van der Waals surface area contributed by atoms with Gasteiger partial charge in [-0.2, -0.15) is 0 Å². The Morgan fingerprint density at radius 1 is 0.893 bits per heavy atom. The third kappa shape index (κ3) is 5.28. The zero-order valence-electron chi connectivity index (χ0n) is 14.7. The predicted octanol–water partition coefficient (Wildman–Crippen LogP) is 4.22. The zero-order chi connectivity index (χ0) is 19.9. The lowest BCUT2D eigenvalue weighted by Crippen LogP contribution is -2.31. The molecule has 0 aliphatic carbocycles. The number of hydrogen-bond donors (Lipinski definition) is 1. The summed E-state index contributed by atoms with van der Waals surface area (Å²) in [6.45, 7) is -0.713. The Bertz CT molecular complexity index is 983. The van der Waals surface area contributed by atoms with E-state index >= 15 is 0 Å². The summed E-state index contributed by atoms with van der Waals surface area (Å²) in [6, 6.07) is 20.0. The minimum Gasteiger partial charge on any atom is -0.456 e. The van der Waals surface area contributed by atoms with Gasteiger partial charge in [-0.3, -0.25) is 14.4 Å². The second kappa shape index (κ2) is 9.30. The maximum absolute atomic E-state index is 12.2. The van der Waals surface area contributed by atoms with Gasteiger partial charge < -0.3 is 10.1 Å². The first-order valence-electron chi connectivity index (χ1n) is 8.41. The molecule has 1 amide bonds. The van der Waals surface area contributed by atoms with Crippen LogP contribution < -0.4 is 5.32 Å². The van der Waals surface area contributed by atoms with Gasteiger partial charge in [-0.25, -0.2) is 0 Å². The Morgan fingerprint density at radius 3 is 2.21 bits per heavy atom. The lowest BCUT2D eigenvalue weighted by Gasteiger charge is -2.07. The van der Waals surface area contributed by atoms with Crippen molar-refractivity contribution >= 4 is 40.6 Å². The quantitative estimate of drug-likeness (QED) is 0.465. The molecule has 28 heavy (non-hydrogen) atoms. The van der Waals surface area contributed by atoms with Gasteiger partial charge >= 0.3 is 5.97 Å². The summed E-state index contributed by atoms with van der Waals surface area (Å²) in [7, 11) is 0. The van der Waals surface area contributed by atoms with Crippen LogP contribution in [0.1, 0.15) is 20.0 Å². The number of rotatable bonds is 7. The predicted molar refractivity (Wildman–Crippen MR) is 109 cm³/mol. The number of hydrogen-bond acceptors (Lipinski definition) is 5. The minimum atomic E-state index is -0.690. The van der Waals surface area contributed by atoms with Crippen molar-refractivity contribution in [1.82, 2.24) is 5.32 Å². The fourth-order valence-electron chi connectivity index (χ4n) is 2.43. The molecule has 0 radical (unpaired) electrons. The molecule has 1 heterocycles. The highest BCUT2D eigenvalue weighted by Gasteiger charge is 2.13. The topological polar surface area (TPSA) is 72.5 Å². The number of esters is 1. The molecule has 0 fully saturated rings. The first kappa shape index (κ1) is 19.8. The van der Waals surface area contributed by atoms with Crippen molar-refractivity contribution in [3.8, 4) is 11.1 Å². The number of carbonyl (C=O) groups is 3. The molecule has 0 bridgehead atoms. The number of halogens is 1. The molecule has 0 saturated heterocycles. The van der Waals surface area contributed by atoms with Crippen LogP contribution in [0.2, 0.25) is 4.34 Å². The van der Waals surface area contributed by atoms with Crippen LogP contribution in [0.15, 0.2) is 66.7 Å². The van der Waals surface area contributed by atoms with Crippen molar-refractivity contribution in [3.05, 3.63) is 81.5 Å². The molecular formula is C21H16ClNO4S. The van der Waals surface area contributed by atoms with Gasteiger partial charge in [0, 0.05) is 5.56 Å². The maximum atomic E-state index is 12.2. The Morgan fingerprint density at radius 2 is 1.57 bits per heavy atom. The molecule has 3 rings (SSSR count). The highest BCUT2D eigenvalue weighted by Crippen LogP contribution is 2.22. The number of benzene rings is 2. The van der Waals surface area contributed by atoms with Crippen LogP contribution in [0.5, 0.6) is 0 Å². The average molecular weight is 414 g/mol. The van der Waals surface area contributed by atoms with E-state index in [0.29, 0.717) is 14.8 Å². The third-order valence-corrected chi connectivity index (χ3v) is 5.13. The normalized spacial score (nSPS) is 10.3. The van der Waals surface area contributed by atoms with Crippen molar-refractivity contribution in [1.29, 1.82) is 0 Å². The van der Waals surface area contributed by atoms with Crippen molar-refractivity contribution in [3.63, 3.8) is 0 Å². The number of amides is 1. The fraction of sp³-hybridized carbons (Fsp3) is 0.0952. The van der Waals surface area contributed by atoms with E-state index in [1.807, 2.05) is 42.5 Å². The van der Waals surface area contributed by atoms with E-state index < -0.39 is 18.5 Å². The van der Waals surface area contributed by atoms with Gasteiger partial charge in [-0.05, 0) is 35.4 Å². The summed E-state index contributed by atoms with van der Waals surface area (Å²) in [5.41, 5.74) is 2.47.